The molecule has 0 heterocycles. The first-order chi connectivity index (χ1) is 5.58. The van der Waals surface area contributed by atoms with E-state index in [4.69, 9.17) is 4.55 Å². The minimum absolute atomic E-state index is 0. The molecule has 0 atom stereocenters. The number of hydrogen-bond donors (Lipinski definition) is 2. The Hall–Kier alpha value is -1.17. The highest BCUT2D eigenvalue weighted by molar-refractivity contribution is 7.88. The van der Waals surface area contributed by atoms with Gasteiger partial charge in [-0.2, -0.15) is 8.42 Å². The van der Waals surface area contributed by atoms with Crippen LogP contribution < -0.4 is 6.15 Å². The first-order valence-corrected chi connectivity index (χ1v) is 4.79. The normalized spacial score (nSPS) is 11.2. The van der Waals surface area contributed by atoms with E-state index >= 15 is 0 Å². The zero-order valence-corrected chi connectivity index (χ0v) is 7.74. The molecular formula is C8H11NO3S. The summed E-state index contributed by atoms with van der Waals surface area (Å²) in [7, 11) is -4.00. The standard InChI is InChI=1S/C8H8O3S.H3N/c9-12(10,11)7-6-8-4-2-1-3-5-8;/h1-7H,(H,9,10,11);1H3. The lowest BCUT2D eigenvalue weighted by Crippen LogP contribution is -1.88. The third-order valence-electron chi connectivity index (χ3n) is 1.23. The number of rotatable bonds is 2. The smallest absolute Gasteiger partial charge is 0.287 e. The molecule has 0 aliphatic rings. The van der Waals surface area contributed by atoms with E-state index in [1.54, 1.807) is 24.3 Å². The second-order valence-electron chi connectivity index (χ2n) is 2.23. The predicted molar refractivity (Wildman–Crippen MR) is 52.0 cm³/mol. The molecule has 1 aromatic carbocycles. The monoisotopic (exact) mass is 201 g/mol. The molecule has 0 unspecified atom stereocenters. The van der Waals surface area contributed by atoms with Gasteiger partial charge < -0.3 is 6.15 Å². The number of hydrogen-bond acceptors (Lipinski definition) is 3. The fraction of sp³-hybridized carbons (Fsp3) is 0. The van der Waals surface area contributed by atoms with Crippen LogP contribution >= 0.6 is 0 Å². The average Bonchev–Trinajstić information content (AvgIpc) is 2.02. The third kappa shape index (κ3) is 5.13. The summed E-state index contributed by atoms with van der Waals surface area (Å²) >= 11 is 0. The molecule has 5 heteroatoms. The Morgan fingerprint density at radius 2 is 1.69 bits per heavy atom. The Kier molecular flexibility index (Phi) is 4.33. The quantitative estimate of drug-likeness (QED) is 0.713. The topological polar surface area (TPSA) is 89.4 Å². The first kappa shape index (κ1) is 11.8. The van der Waals surface area contributed by atoms with Crippen LogP contribution in [0.15, 0.2) is 35.7 Å². The van der Waals surface area contributed by atoms with E-state index in [1.807, 2.05) is 6.07 Å². The van der Waals surface area contributed by atoms with Gasteiger partial charge in [0, 0.05) is 0 Å². The van der Waals surface area contributed by atoms with Crippen molar-refractivity contribution in [1.82, 2.24) is 6.15 Å². The van der Waals surface area contributed by atoms with Crippen LogP contribution in [0.1, 0.15) is 5.56 Å². The van der Waals surface area contributed by atoms with Crippen molar-refractivity contribution >= 4 is 16.2 Å². The summed E-state index contributed by atoms with van der Waals surface area (Å²) in [5.41, 5.74) is 0.732. The van der Waals surface area contributed by atoms with Crippen molar-refractivity contribution in [2.75, 3.05) is 0 Å². The van der Waals surface area contributed by atoms with E-state index in [1.165, 1.54) is 6.08 Å². The lowest BCUT2D eigenvalue weighted by atomic mass is 10.2. The molecule has 0 fully saturated rings. The van der Waals surface area contributed by atoms with Crippen molar-refractivity contribution in [3.63, 3.8) is 0 Å². The van der Waals surface area contributed by atoms with Gasteiger partial charge in [0.2, 0.25) is 0 Å². The molecule has 0 radical (unpaired) electrons. The highest BCUT2D eigenvalue weighted by atomic mass is 32.2. The fourth-order valence-corrected chi connectivity index (χ4v) is 1.06. The Bertz CT molecular complexity index is 370. The molecule has 0 saturated heterocycles. The summed E-state index contributed by atoms with van der Waals surface area (Å²) in [6, 6.07) is 8.86. The van der Waals surface area contributed by atoms with E-state index in [0.29, 0.717) is 0 Å². The largest absolute Gasteiger partial charge is 0.344 e. The van der Waals surface area contributed by atoms with Crippen molar-refractivity contribution in [1.29, 1.82) is 0 Å². The van der Waals surface area contributed by atoms with Gasteiger partial charge in [0.1, 0.15) is 0 Å². The molecule has 1 rings (SSSR count). The summed E-state index contributed by atoms with van der Waals surface area (Å²) < 4.78 is 28.9. The van der Waals surface area contributed by atoms with Gasteiger partial charge in [-0.25, -0.2) is 0 Å². The van der Waals surface area contributed by atoms with E-state index < -0.39 is 10.1 Å². The van der Waals surface area contributed by atoms with Crippen LogP contribution in [0.4, 0.5) is 0 Å². The van der Waals surface area contributed by atoms with E-state index in [0.717, 1.165) is 11.0 Å². The Labute approximate surface area is 77.2 Å². The van der Waals surface area contributed by atoms with Crippen LogP contribution in [-0.2, 0) is 10.1 Å². The summed E-state index contributed by atoms with van der Waals surface area (Å²) in [5.74, 6) is 0. The second-order valence-corrected chi connectivity index (χ2v) is 3.53. The molecule has 0 saturated carbocycles. The zero-order chi connectivity index (χ0) is 9.03. The van der Waals surface area contributed by atoms with Crippen LogP contribution in [0.5, 0.6) is 0 Å². The maximum atomic E-state index is 10.3. The van der Waals surface area contributed by atoms with Crippen LogP contribution in [0.2, 0.25) is 0 Å². The van der Waals surface area contributed by atoms with Crippen molar-refractivity contribution in [3.8, 4) is 0 Å². The lowest BCUT2D eigenvalue weighted by molar-refractivity contribution is 0.494. The van der Waals surface area contributed by atoms with E-state index in [2.05, 4.69) is 0 Å². The molecule has 72 valence electrons. The highest BCUT2D eigenvalue weighted by Gasteiger charge is 1.94. The van der Waals surface area contributed by atoms with Crippen LogP contribution in [-0.4, -0.2) is 13.0 Å². The minimum Gasteiger partial charge on any atom is -0.344 e. The highest BCUT2D eigenvalue weighted by Crippen LogP contribution is 2.01. The molecule has 0 aromatic heterocycles. The minimum atomic E-state index is -4.00. The van der Waals surface area contributed by atoms with Crippen molar-refractivity contribution in [2.24, 2.45) is 0 Å². The van der Waals surface area contributed by atoms with Gasteiger partial charge in [0.05, 0.1) is 5.41 Å². The second kappa shape index (κ2) is 4.76. The van der Waals surface area contributed by atoms with Crippen molar-refractivity contribution < 1.29 is 13.0 Å². The molecule has 0 aliphatic carbocycles. The van der Waals surface area contributed by atoms with Gasteiger partial charge in [0.15, 0.2) is 0 Å². The maximum Gasteiger partial charge on any atom is 0.287 e. The van der Waals surface area contributed by atoms with E-state index in [9.17, 15) is 8.42 Å². The predicted octanol–water partition coefficient (Wildman–Crippen LogP) is 1.71. The average molecular weight is 201 g/mol. The lowest BCUT2D eigenvalue weighted by Gasteiger charge is -1.89. The van der Waals surface area contributed by atoms with Crippen LogP contribution in [0.25, 0.3) is 6.08 Å². The van der Waals surface area contributed by atoms with Gasteiger partial charge >= 0.3 is 0 Å². The van der Waals surface area contributed by atoms with Gasteiger partial charge in [-0.3, -0.25) is 4.55 Å². The Morgan fingerprint density at radius 3 is 2.15 bits per heavy atom. The molecule has 4 N–H and O–H groups in total. The Balaban J connectivity index is 0.00000144. The molecule has 0 aliphatic heterocycles. The molecule has 0 spiro atoms. The summed E-state index contributed by atoms with van der Waals surface area (Å²) in [6.45, 7) is 0. The van der Waals surface area contributed by atoms with Gasteiger partial charge in [-0.05, 0) is 11.6 Å². The molecular weight excluding hydrogens is 190 g/mol. The fourth-order valence-electron chi connectivity index (χ4n) is 0.729. The van der Waals surface area contributed by atoms with Crippen molar-refractivity contribution in [2.45, 2.75) is 0 Å². The summed E-state index contributed by atoms with van der Waals surface area (Å²) in [5, 5.41) is 0.752. The molecule has 13 heavy (non-hydrogen) atoms. The Morgan fingerprint density at radius 1 is 1.15 bits per heavy atom. The number of benzene rings is 1. The SMILES string of the molecule is N.O=S(=O)(O)C=Cc1ccccc1. The molecule has 1 aromatic rings. The van der Waals surface area contributed by atoms with Gasteiger partial charge in [-0.1, -0.05) is 30.3 Å². The third-order valence-corrected chi connectivity index (χ3v) is 1.71. The zero-order valence-electron chi connectivity index (χ0n) is 6.92. The molecule has 0 amide bonds. The summed E-state index contributed by atoms with van der Waals surface area (Å²) in [6.07, 6.45) is 1.33. The van der Waals surface area contributed by atoms with E-state index in [-0.39, 0.29) is 6.15 Å². The molecule has 4 nitrogen and oxygen atoms in total. The van der Waals surface area contributed by atoms with Crippen LogP contribution in [0, 0.1) is 0 Å². The maximum absolute atomic E-state index is 10.3. The van der Waals surface area contributed by atoms with Gasteiger partial charge in [0.25, 0.3) is 10.1 Å². The van der Waals surface area contributed by atoms with Gasteiger partial charge in [-0.15, -0.1) is 0 Å². The first-order valence-electron chi connectivity index (χ1n) is 3.28. The van der Waals surface area contributed by atoms with Crippen LogP contribution in [0.3, 0.4) is 0 Å². The van der Waals surface area contributed by atoms with Crippen molar-refractivity contribution in [3.05, 3.63) is 41.3 Å². The summed E-state index contributed by atoms with van der Waals surface area (Å²) in [4.78, 5) is 0. The molecule has 0 bridgehead atoms.